The van der Waals surface area contributed by atoms with Crippen molar-refractivity contribution in [3.05, 3.63) is 23.3 Å². The lowest BCUT2D eigenvalue weighted by molar-refractivity contribution is 0.111. The molecule has 0 unspecified atom stereocenters. The summed E-state index contributed by atoms with van der Waals surface area (Å²) in [5.41, 5.74) is 1.29. The summed E-state index contributed by atoms with van der Waals surface area (Å²) in [6, 6.07) is 1.65. The molecular weight excluding hydrogens is 196 g/mol. The Balaban J connectivity index is 2.30. The quantitative estimate of drug-likeness (QED) is 0.652. The largest absolute Gasteiger partial charge is 0.488 e. The van der Waals surface area contributed by atoms with Crippen LogP contribution in [-0.4, -0.2) is 19.7 Å². The van der Waals surface area contributed by atoms with Crippen molar-refractivity contribution in [1.29, 1.82) is 0 Å². The normalized spacial score (nSPS) is 15.7. The Labute approximate surface area is 86.1 Å². The molecule has 15 heavy (non-hydrogen) atoms. The van der Waals surface area contributed by atoms with Crippen LogP contribution in [0.4, 0.5) is 0 Å². The number of carbonyl (C=O) groups is 1. The highest BCUT2D eigenvalue weighted by Crippen LogP contribution is 2.44. The molecule has 2 aliphatic heterocycles. The van der Waals surface area contributed by atoms with E-state index >= 15 is 0 Å². The predicted molar refractivity (Wildman–Crippen MR) is 52.5 cm³/mol. The second-order valence-corrected chi connectivity index (χ2v) is 3.27. The predicted octanol–water partition coefficient (Wildman–Crippen LogP) is 1.63. The molecule has 4 nitrogen and oxygen atoms in total. The van der Waals surface area contributed by atoms with Crippen molar-refractivity contribution in [2.75, 3.05) is 13.4 Å². The van der Waals surface area contributed by atoms with E-state index in [1.807, 2.05) is 12.2 Å². The molecule has 76 valence electrons. The van der Waals surface area contributed by atoms with Gasteiger partial charge >= 0.3 is 0 Å². The summed E-state index contributed by atoms with van der Waals surface area (Å²) >= 11 is 0. The monoisotopic (exact) mass is 204 g/mol. The Kier molecular flexibility index (Phi) is 1.68. The summed E-state index contributed by atoms with van der Waals surface area (Å²) in [5.74, 6) is 1.84. The van der Waals surface area contributed by atoms with E-state index in [-0.39, 0.29) is 6.79 Å². The Morgan fingerprint density at radius 3 is 3.00 bits per heavy atom. The third kappa shape index (κ3) is 1.11. The number of benzene rings is 1. The van der Waals surface area contributed by atoms with E-state index in [9.17, 15) is 4.79 Å². The molecule has 0 radical (unpaired) electrons. The van der Waals surface area contributed by atoms with Crippen LogP contribution in [0, 0.1) is 0 Å². The Bertz CT molecular complexity index is 462. The smallest absolute Gasteiger partial charge is 0.231 e. The van der Waals surface area contributed by atoms with Gasteiger partial charge in [-0.1, -0.05) is 0 Å². The standard InChI is InChI=1S/C11H8O4/c12-5-7-4-9-11(15-6-14-9)8-2-1-3-13-10(7)8/h1-2,4-5H,3,6H2. The molecule has 0 amide bonds. The van der Waals surface area contributed by atoms with E-state index in [1.54, 1.807) is 6.07 Å². The van der Waals surface area contributed by atoms with Crippen LogP contribution in [0.3, 0.4) is 0 Å². The van der Waals surface area contributed by atoms with Crippen LogP contribution in [0.15, 0.2) is 12.1 Å². The fourth-order valence-electron chi connectivity index (χ4n) is 1.77. The summed E-state index contributed by atoms with van der Waals surface area (Å²) in [5, 5.41) is 0. The summed E-state index contributed by atoms with van der Waals surface area (Å²) in [4.78, 5) is 10.9. The number of hydrogen-bond acceptors (Lipinski definition) is 4. The van der Waals surface area contributed by atoms with Crippen molar-refractivity contribution in [3.63, 3.8) is 0 Å². The lowest BCUT2D eigenvalue weighted by Crippen LogP contribution is -2.04. The molecule has 2 aliphatic rings. The summed E-state index contributed by atoms with van der Waals surface area (Å²) in [6.07, 6.45) is 4.53. The van der Waals surface area contributed by atoms with Crippen molar-refractivity contribution in [1.82, 2.24) is 0 Å². The van der Waals surface area contributed by atoms with E-state index in [0.29, 0.717) is 29.4 Å². The van der Waals surface area contributed by atoms with Crippen molar-refractivity contribution in [3.8, 4) is 17.2 Å². The number of rotatable bonds is 1. The molecule has 4 heteroatoms. The Morgan fingerprint density at radius 2 is 2.13 bits per heavy atom. The number of carbonyl (C=O) groups excluding carboxylic acids is 1. The van der Waals surface area contributed by atoms with Gasteiger partial charge < -0.3 is 14.2 Å². The Morgan fingerprint density at radius 1 is 1.20 bits per heavy atom. The highest BCUT2D eigenvalue weighted by molar-refractivity contribution is 5.87. The van der Waals surface area contributed by atoms with Gasteiger partial charge in [0.25, 0.3) is 0 Å². The topological polar surface area (TPSA) is 44.8 Å². The van der Waals surface area contributed by atoms with Crippen LogP contribution in [0.2, 0.25) is 0 Å². The molecule has 0 bridgehead atoms. The second-order valence-electron chi connectivity index (χ2n) is 3.27. The van der Waals surface area contributed by atoms with Crippen molar-refractivity contribution < 1.29 is 19.0 Å². The molecule has 1 aromatic rings. The number of aldehydes is 1. The van der Waals surface area contributed by atoms with Gasteiger partial charge in [0.05, 0.1) is 11.1 Å². The minimum Gasteiger partial charge on any atom is -0.488 e. The maximum absolute atomic E-state index is 10.9. The van der Waals surface area contributed by atoms with E-state index in [2.05, 4.69) is 0 Å². The molecular formula is C11H8O4. The molecule has 0 spiro atoms. The first kappa shape index (κ1) is 8.35. The van der Waals surface area contributed by atoms with Gasteiger partial charge in [-0.3, -0.25) is 4.79 Å². The zero-order chi connectivity index (χ0) is 10.3. The summed E-state index contributed by atoms with van der Waals surface area (Å²) < 4.78 is 16.0. The van der Waals surface area contributed by atoms with E-state index in [0.717, 1.165) is 11.8 Å². The number of hydrogen-bond donors (Lipinski definition) is 0. The van der Waals surface area contributed by atoms with Crippen LogP contribution in [0.5, 0.6) is 17.2 Å². The SMILES string of the molecule is O=Cc1cc2c(c3c1OCC=C3)OCO2. The zero-order valence-electron chi connectivity index (χ0n) is 7.86. The van der Waals surface area contributed by atoms with Gasteiger partial charge in [-0.2, -0.15) is 0 Å². The maximum Gasteiger partial charge on any atom is 0.231 e. The van der Waals surface area contributed by atoms with E-state index in [4.69, 9.17) is 14.2 Å². The van der Waals surface area contributed by atoms with Crippen LogP contribution >= 0.6 is 0 Å². The Hall–Kier alpha value is -1.97. The van der Waals surface area contributed by atoms with E-state index < -0.39 is 0 Å². The molecule has 0 aromatic heterocycles. The molecule has 0 fully saturated rings. The number of ether oxygens (including phenoxy) is 3. The third-order valence-corrected chi connectivity index (χ3v) is 2.41. The average molecular weight is 204 g/mol. The minimum atomic E-state index is 0.192. The van der Waals surface area contributed by atoms with Gasteiger partial charge in [0, 0.05) is 0 Å². The molecule has 0 atom stereocenters. The van der Waals surface area contributed by atoms with Crippen LogP contribution < -0.4 is 14.2 Å². The first-order valence-corrected chi connectivity index (χ1v) is 4.61. The zero-order valence-corrected chi connectivity index (χ0v) is 7.86. The fraction of sp³-hybridized carbons (Fsp3) is 0.182. The summed E-state index contributed by atoms with van der Waals surface area (Å²) in [7, 11) is 0. The van der Waals surface area contributed by atoms with E-state index in [1.165, 1.54) is 0 Å². The molecule has 3 rings (SSSR count). The van der Waals surface area contributed by atoms with Gasteiger partial charge in [0.15, 0.2) is 17.8 Å². The molecule has 0 aliphatic carbocycles. The molecule has 0 N–H and O–H groups in total. The lowest BCUT2D eigenvalue weighted by Gasteiger charge is -2.15. The van der Waals surface area contributed by atoms with Crippen molar-refractivity contribution in [2.24, 2.45) is 0 Å². The molecule has 1 aromatic carbocycles. The molecule has 0 saturated heterocycles. The van der Waals surface area contributed by atoms with Crippen LogP contribution in [-0.2, 0) is 0 Å². The first-order valence-electron chi connectivity index (χ1n) is 4.61. The van der Waals surface area contributed by atoms with Crippen LogP contribution in [0.1, 0.15) is 15.9 Å². The van der Waals surface area contributed by atoms with Gasteiger partial charge in [-0.15, -0.1) is 0 Å². The maximum atomic E-state index is 10.9. The fourth-order valence-corrected chi connectivity index (χ4v) is 1.77. The van der Waals surface area contributed by atoms with Gasteiger partial charge in [0.2, 0.25) is 6.79 Å². The van der Waals surface area contributed by atoms with Gasteiger partial charge in [0.1, 0.15) is 12.4 Å². The van der Waals surface area contributed by atoms with Crippen LogP contribution in [0.25, 0.3) is 6.08 Å². The highest BCUT2D eigenvalue weighted by Gasteiger charge is 2.24. The second kappa shape index (κ2) is 3.02. The number of fused-ring (bicyclic) bond motifs is 3. The van der Waals surface area contributed by atoms with Gasteiger partial charge in [-0.25, -0.2) is 0 Å². The summed E-state index contributed by atoms with van der Waals surface area (Å²) in [6.45, 7) is 0.672. The molecule has 0 saturated carbocycles. The van der Waals surface area contributed by atoms with Crippen molar-refractivity contribution in [2.45, 2.75) is 0 Å². The molecule has 2 heterocycles. The minimum absolute atomic E-state index is 0.192. The third-order valence-electron chi connectivity index (χ3n) is 2.41. The highest BCUT2D eigenvalue weighted by atomic mass is 16.7. The van der Waals surface area contributed by atoms with Crippen molar-refractivity contribution >= 4 is 12.4 Å². The lowest BCUT2D eigenvalue weighted by atomic mass is 10.1. The average Bonchev–Trinajstić information content (AvgIpc) is 2.76. The van der Waals surface area contributed by atoms with Gasteiger partial charge in [-0.05, 0) is 18.2 Å². The first-order chi connectivity index (χ1) is 7.40.